The molecule has 0 saturated heterocycles. The highest BCUT2D eigenvalue weighted by molar-refractivity contribution is 6.29. The smallest absolute Gasteiger partial charge is 0.324 e. The second-order valence-electron chi connectivity index (χ2n) is 2.10. The molecule has 0 fully saturated rings. The van der Waals surface area contributed by atoms with E-state index in [0.29, 0.717) is 0 Å². The first-order chi connectivity index (χ1) is 4.04. The van der Waals surface area contributed by atoms with Gasteiger partial charge in [0.05, 0.1) is 6.10 Å². The summed E-state index contributed by atoms with van der Waals surface area (Å²) in [6, 6.07) is 0. The second-order valence-corrected chi connectivity index (χ2v) is 2.76. The third-order valence-electron chi connectivity index (χ3n) is 0.677. The molecule has 9 heavy (non-hydrogen) atoms. The van der Waals surface area contributed by atoms with E-state index in [1.54, 1.807) is 20.8 Å². The van der Waals surface area contributed by atoms with E-state index >= 15 is 0 Å². The number of esters is 1. The number of ether oxygens (including phenoxy) is 1. The van der Waals surface area contributed by atoms with Gasteiger partial charge < -0.3 is 4.74 Å². The second kappa shape index (κ2) is 3.72. The van der Waals surface area contributed by atoms with Crippen LogP contribution in [0, 0.1) is 0 Å². The van der Waals surface area contributed by atoms with E-state index in [-0.39, 0.29) is 12.1 Å². The zero-order valence-electron chi connectivity index (χ0n) is 5.85. The summed E-state index contributed by atoms with van der Waals surface area (Å²) in [4.78, 5) is 10.6. The minimum absolute atomic E-state index is 0.0706. The fourth-order valence-electron chi connectivity index (χ4n) is 0.326. The number of rotatable bonds is 2. The minimum atomic E-state index is -0.535. The van der Waals surface area contributed by atoms with E-state index in [2.05, 4.69) is 0 Å². The van der Waals surface area contributed by atoms with Crippen LogP contribution in [0.4, 0.5) is 0 Å². The Labute approximate surface area is 60.1 Å². The van der Waals surface area contributed by atoms with Gasteiger partial charge in [-0.15, -0.1) is 11.6 Å². The van der Waals surface area contributed by atoms with Crippen LogP contribution in [0.1, 0.15) is 20.8 Å². The molecule has 1 atom stereocenters. The summed E-state index contributed by atoms with van der Waals surface area (Å²) in [5, 5.41) is -0.535. The molecule has 0 saturated carbocycles. The molecule has 3 heteroatoms. The molecule has 0 radical (unpaired) electrons. The predicted molar refractivity (Wildman–Crippen MR) is 36.5 cm³/mol. The van der Waals surface area contributed by atoms with Crippen LogP contribution in [0.2, 0.25) is 0 Å². The number of hydrogen-bond acceptors (Lipinski definition) is 2. The fourth-order valence-corrected chi connectivity index (χ4v) is 0.378. The average molecular weight is 151 g/mol. The lowest BCUT2D eigenvalue weighted by molar-refractivity contribution is -0.146. The van der Waals surface area contributed by atoms with Gasteiger partial charge in [0, 0.05) is 0 Å². The molecule has 0 aromatic carbocycles. The average Bonchev–Trinajstić information content (AvgIpc) is 1.63. The molecule has 2 nitrogen and oxygen atoms in total. The number of carbonyl (C=O) groups excluding carboxylic acids is 1. The van der Waals surface area contributed by atoms with Gasteiger partial charge in [-0.2, -0.15) is 0 Å². The highest BCUT2D eigenvalue weighted by Crippen LogP contribution is 1.99. The van der Waals surface area contributed by atoms with Crippen molar-refractivity contribution in [3.63, 3.8) is 0 Å². The van der Waals surface area contributed by atoms with Crippen LogP contribution in [-0.2, 0) is 9.53 Å². The van der Waals surface area contributed by atoms with Crippen LogP contribution in [-0.4, -0.2) is 17.5 Å². The highest BCUT2D eigenvalue weighted by atomic mass is 35.5. The van der Waals surface area contributed by atoms with E-state index in [4.69, 9.17) is 16.3 Å². The van der Waals surface area contributed by atoms with Gasteiger partial charge in [0.2, 0.25) is 0 Å². The predicted octanol–water partition coefficient (Wildman–Crippen LogP) is 1.57. The number of carbonyl (C=O) groups is 1. The molecule has 0 bridgehead atoms. The van der Waals surface area contributed by atoms with Crippen LogP contribution in [0.5, 0.6) is 0 Å². The first-order valence-electron chi connectivity index (χ1n) is 2.88. The Kier molecular flexibility index (Phi) is 3.62. The van der Waals surface area contributed by atoms with Crippen molar-refractivity contribution in [1.29, 1.82) is 0 Å². The quantitative estimate of drug-likeness (QED) is 0.441. The summed E-state index contributed by atoms with van der Waals surface area (Å²) in [6.45, 7) is 5.17. The topological polar surface area (TPSA) is 26.3 Å². The first kappa shape index (κ1) is 8.76. The van der Waals surface area contributed by atoms with Crippen molar-refractivity contribution in [2.45, 2.75) is 32.3 Å². The Morgan fingerprint density at radius 2 is 1.89 bits per heavy atom. The maximum Gasteiger partial charge on any atom is 0.324 e. The van der Waals surface area contributed by atoms with Crippen LogP contribution < -0.4 is 0 Å². The molecule has 0 N–H and O–H groups in total. The van der Waals surface area contributed by atoms with Gasteiger partial charge in [-0.25, -0.2) is 0 Å². The van der Waals surface area contributed by atoms with Crippen molar-refractivity contribution >= 4 is 17.6 Å². The Hall–Kier alpha value is -0.240. The zero-order valence-corrected chi connectivity index (χ0v) is 6.61. The molecule has 0 aliphatic rings. The lowest BCUT2D eigenvalue weighted by atomic mass is 10.4. The van der Waals surface area contributed by atoms with E-state index < -0.39 is 5.38 Å². The summed E-state index contributed by atoms with van der Waals surface area (Å²) < 4.78 is 4.74. The molecule has 0 aromatic rings. The zero-order chi connectivity index (χ0) is 7.44. The molecule has 54 valence electrons. The molecule has 0 spiro atoms. The Morgan fingerprint density at radius 1 is 1.44 bits per heavy atom. The lowest BCUT2D eigenvalue weighted by Crippen LogP contribution is -2.18. The van der Waals surface area contributed by atoms with Crippen LogP contribution in [0.15, 0.2) is 0 Å². The normalized spacial score (nSPS) is 13.4. The van der Waals surface area contributed by atoms with Gasteiger partial charge in [-0.05, 0) is 20.8 Å². The largest absolute Gasteiger partial charge is 0.462 e. The van der Waals surface area contributed by atoms with Crippen LogP contribution in [0.25, 0.3) is 0 Å². The molecule has 0 amide bonds. The number of halogens is 1. The maximum absolute atomic E-state index is 10.6. The minimum Gasteiger partial charge on any atom is -0.462 e. The van der Waals surface area contributed by atoms with E-state index in [9.17, 15) is 4.79 Å². The van der Waals surface area contributed by atoms with Crippen LogP contribution >= 0.6 is 11.6 Å². The van der Waals surface area contributed by atoms with Gasteiger partial charge in [-0.3, -0.25) is 4.79 Å². The van der Waals surface area contributed by atoms with Gasteiger partial charge >= 0.3 is 5.97 Å². The summed E-state index contributed by atoms with van der Waals surface area (Å²) in [7, 11) is 0. The molecule has 0 heterocycles. The third kappa shape index (κ3) is 4.28. The van der Waals surface area contributed by atoms with Gasteiger partial charge in [0.15, 0.2) is 0 Å². The molecule has 0 aromatic heterocycles. The van der Waals surface area contributed by atoms with Crippen molar-refractivity contribution < 1.29 is 9.53 Å². The molecule has 0 aliphatic heterocycles. The summed E-state index contributed by atoms with van der Waals surface area (Å²) in [5.41, 5.74) is 0. The Morgan fingerprint density at radius 3 is 2.00 bits per heavy atom. The summed E-state index contributed by atoms with van der Waals surface area (Å²) >= 11 is 5.40. The Balaban J connectivity index is 3.51. The lowest BCUT2D eigenvalue weighted by Gasteiger charge is -2.07. The summed E-state index contributed by atoms with van der Waals surface area (Å²) in [6.07, 6.45) is -0.0706. The molecular formula is C6H11ClO2. The number of alkyl halides is 1. The molecule has 0 unspecified atom stereocenters. The van der Waals surface area contributed by atoms with Crippen molar-refractivity contribution in [2.24, 2.45) is 0 Å². The van der Waals surface area contributed by atoms with Crippen molar-refractivity contribution in [3.8, 4) is 0 Å². The fraction of sp³-hybridized carbons (Fsp3) is 0.833. The molecular weight excluding hydrogens is 140 g/mol. The first-order valence-corrected chi connectivity index (χ1v) is 3.32. The van der Waals surface area contributed by atoms with E-state index in [0.717, 1.165) is 0 Å². The molecule has 0 rings (SSSR count). The standard InChI is InChI=1S/C6H11ClO2/c1-4(2)9-6(8)5(3)7/h4-5H,1-3H3/t5-/m0/s1. The van der Waals surface area contributed by atoms with E-state index in [1.807, 2.05) is 0 Å². The maximum atomic E-state index is 10.6. The van der Waals surface area contributed by atoms with E-state index in [1.165, 1.54) is 0 Å². The van der Waals surface area contributed by atoms with Gasteiger partial charge in [-0.1, -0.05) is 0 Å². The third-order valence-corrected chi connectivity index (χ3v) is 0.855. The van der Waals surface area contributed by atoms with Crippen molar-refractivity contribution in [2.75, 3.05) is 0 Å². The van der Waals surface area contributed by atoms with Crippen molar-refractivity contribution in [1.82, 2.24) is 0 Å². The Bertz CT molecular complexity index is 99.2. The summed E-state index contributed by atoms with van der Waals surface area (Å²) in [5.74, 6) is -0.355. The van der Waals surface area contributed by atoms with Gasteiger partial charge in [0.1, 0.15) is 5.38 Å². The van der Waals surface area contributed by atoms with Crippen molar-refractivity contribution in [3.05, 3.63) is 0 Å². The monoisotopic (exact) mass is 150 g/mol. The van der Waals surface area contributed by atoms with Crippen LogP contribution in [0.3, 0.4) is 0 Å². The number of hydrogen-bond donors (Lipinski definition) is 0. The van der Waals surface area contributed by atoms with Gasteiger partial charge in [0.25, 0.3) is 0 Å². The SMILES string of the molecule is CC(C)OC(=O)[C@H](C)Cl. The molecule has 0 aliphatic carbocycles. The highest BCUT2D eigenvalue weighted by Gasteiger charge is 2.11.